The van der Waals surface area contributed by atoms with Gasteiger partial charge < -0.3 is 15.0 Å². The van der Waals surface area contributed by atoms with Gasteiger partial charge in [-0.2, -0.15) is 4.39 Å². The first-order valence-corrected chi connectivity index (χ1v) is 11.4. The van der Waals surface area contributed by atoms with E-state index < -0.39 is 11.6 Å². The maximum atomic E-state index is 13.4. The summed E-state index contributed by atoms with van der Waals surface area (Å²) in [5.41, 5.74) is 1.50. The number of pyridine rings is 1. The first-order valence-electron chi connectivity index (χ1n) is 10.5. The molecule has 34 heavy (non-hydrogen) atoms. The van der Waals surface area contributed by atoms with E-state index in [1.54, 1.807) is 24.4 Å². The van der Waals surface area contributed by atoms with Crippen LogP contribution in [-0.4, -0.2) is 31.1 Å². The number of nitrogens with zero attached hydrogens (tertiary/aromatic N) is 2. The minimum absolute atomic E-state index is 0.0322. The Morgan fingerprint density at radius 3 is 2.68 bits per heavy atom. The molecule has 3 N–H and O–H groups in total. The van der Waals surface area contributed by atoms with Crippen molar-refractivity contribution in [3.8, 4) is 5.75 Å². The molecule has 1 saturated heterocycles. The maximum absolute atomic E-state index is 13.4. The Bertz CT molecular complexity index is 1120. The minimum atomic E-state index is -0.940. The van der Waals surface area contributed by atoms with Crippen molar-refractivity contribution in [2.24, 2.45) is 11.1 Å². The number of aromatic nitrogens is 1. The Hall–Kier alpha value is -3.24. The number of anilines is 2. The van der Waals surface area contributed by atoms with Gasteiger partial charge in [-0.3, -0.25) is 9.93 Å². The Morgan fingerprint density at radius 1 is 1.18 bits per heavy atom. The summed E-state index contributed by atoms with van der Waals surface area (Å²) in [6, 6.07) is 13.8. The van der Waals surface area contributed by atoms with E-state index in [0.717, 1.165) is 43.1 Å². The van der Waals surface area contributed by atoms with Gasteiger partial charge in [-0.1, -0.05) is 12.1 Å². The lowest BCUT2D eigenvalue weighted by atomic mass is 9.96. The second kappa shape index (κ2) is 12.3. The van der Waals surface area contributed by atoms with Crippen molar-refractivity contribution in [3.05, 3.63) is 78.2 Å². The smallest absolute Gasteiger partial charge is 0.229 e. The highest BCUT2D eigenvalue weighted by molar-refractivity contribution is 7.97. The molecule has 6 nitrogen and oxygen atoms in total. The van der Waals surface area contributed by atoms with E-state index in [2.05, 4.69) is 19.9 Å². The number of hydrogen-bond acceptors (Lipinski definition) is 6. The Kier molecular flexibility index (Phi) is 9.17. The first kappa shape index (κ1) is 25.4. The zero-order valence-electron chi connectivity index (χ0n) is 18.5. The van der Waals surface area contributed by atoms with Crippen LogP contribution in [0.5, 0.6) is 5.75 Å². The quantitative estimate of drug-likeness (QED) is 0.489. The predicted molar refractivity (Wildman–Crippen MR) is 127 cm³/mol. The van der Waals surface area contributed by atoms with E-state index in [-0.39, 0.29) is 23.4 Å². The van der Waals surface area contributed by atoms with Crippen LogP contribution in [0.3, 0.4) is 0 Å². The highest BCUT2D eigenvalue weighted by atomic mass is 32.2. The van der Waals surface area contributed by atoms with Crippen LogP contribution >= 0.6 is 11.9 Å². The molecule has 2 aromatic carbocycles. The number of benzene rings is 2. The molecule has 2 heterocycles. The fourth-order valence-corrected chi connectivity index (χ4v) is 3.85. The van der Waals surface area contributed by atoms with Crippen LogP contribution in [0.25, 0.3) is 0 Å². The van der Waals surface area contributed by atoms with Crippen LogP contribution in [0.15, 0.2) is 65.8 Å². The van der Waals surface area contributed by atoms with Crippen LogP contribution in [0.2, 0.25) is 0 Å². The zero-order valence-corrected chi connectivity index (χ0v) is 19.3. The summed E-state index contributed by atoms with van der Waals surface area (Å²) in [5, 5.41) is 9.06. The Morgan fingerprint density at radius 2 is 1.97 bits per heavy atom. The van der Waals surface area contributed by atoms with Crippen molar-refractivity contribution < 1.29 is 22.7 Å². The topological polar surface area (TPSA) is 80.5 Å². The van der Waals surface area contributed by atoms with E-state index >= 15 is 0 Å². The molecular weight excluding hydrogens is 465 g/mol. The van der Waals surface area contributed by atoms with Crippen molar-refractivity contribution in [1.29, 1.82) is 0 Å². The van der Waals surface area contributed by atoms with E-state index in [1.165, 1.54) is 31.4 Å². The van der Waals surface area contributed by atoms with Crippen LogP contribution in [0.1, 0.15) is 12.8 Å². The standard InChI is InChI=1S/C17H19FN4OS.C7H6F2O/c18-13-4-1-5-15(9-13)22-8-2-3-12(11-22)17(23)21-14-6-7-20-16(10-14)24-19;1-10-6-4-2-3-5(8)7(6)9/h1,4-7,9-10,12H,2-3,8,11,19H2,(H,20,21,23);2-4H,1H3. The number of piperidine rings is 1. The zero-order chi connectivity index (χ0) is 24.5. The molecule has 0 spiro atoms. The summed E-state index contributed by atoms with van der Waals surface area (Å²) in [5.74, 6) is -2.33. The van der Waals surface area contributed by atoms with Gasteiger partial charge in [-0.25, -0.2) is 13.8 Å². The van der Waals surface area contributed by atoms with E-state index in [1.807, 2.05) is 6.07 Å². The lowest BCUT2D eigenvalue weighted by Crippen LogP contribution is -2.40. The number of carbonyl (C=O) groups is 1. The first-order chi connectivity index (χ1) is 16.4. The summed E-state index contributed by atoms with van der Waals surface area (Å²) in [6.45, 7) is 1.41. The molecule has 1 fully saturated rings. The predicted octanol–water partition coefficient (Wildman–Crippen LogP) is 5.02. The number of methoxy groups -OCH3 is 1. The number of halogens is 3. The normalized spacial score (nSPS) is 15.2. The molecule has 10 heteroatoms. The second-order valence-electron chi connectivity index (χ2n) is 7.51. The van der Waals surface area contributed by atoms with E-state index in [9.17, 15) is 18.0 Å². The lowest BCUT2D eigenvalue weighted by molar-refractivity contribution is -0.120. The third-order valence-electron chi connectivity index (χ3n) is 5.22. The molecule has 0 radical (unpaired) electrons. The van der Waals surface area contributed by atoms with Gasteiger partial charge in [0.2, 0.25) is 11.7 Å². The summed E-state index contributed by atoms with van der Waals surface area (Å²) in [6.07, 6.45) is 3.33. The summed E-state index contributed by atoms with van der Waals surface area (Å²) < 4.78 is 42.7. The van der Waals surface area contributed by atoms with E-state index in [0.29, 0.717) is 17.3 Å². The van der Waals surface area contributed by atoms with Gasteiger partial charge in [0.1, 0.15) is 10.8 Å². The van der Waals surface area contributed by atoms with Crippen molar-refractivity contribution in [1.82, 2.24) is 4.98 Å². The second-order valence-corrected chi connectivity index (χ2v) is 8.16. The summed E-state index contributed by atoms with van der Waals surface area (Å²) in [4.78, 5) is 18.7. The molecule has 1 aromatic heterocycles. The van der Waals surface area contributed by atoms with Crippen molar-refractivity contribution in [3.63, 3.8) is 0 Å². The molecule has 1 atom stereocenters. The van der Waals surface area contributed by atoms with E-state index in [4.69, 9.17) is 5.14 Å². The number of rotatable bonds is 5. The average molecular weight is 491 g/mol. The van der Waals surface area contributed by atoms with Gasteiger partial charge in [-0.15, -0.1) is 0 Å². The molecule has 4 rings (SSSR count). The summed E-state index contributed by atoms with van der Waals surface area (Å²) >= 11 is 1.04. The van der Waals surface area contributed by atoms with Gasteiger partial charge in [0, 0.05) is 30.7 Å². The average Bonchev–Trinajstić information content (AvgIpc) is 2.86. The third kappa shape index (κ3) is 6.88. The molecule has 1 amide bonds. The fraction of sp³-hybridized carbons (Fsp3) is 0.250. The van der Waals surface area contributed by atoms with Crippen LogP contribution in [0, 0.1) is 23.4 Å². The molecule has 0 saturated carbocycles. The Labute approximate surface area is 200 Å². The summed E-state index contributed by atoms with van der Waals surface area (Å²) in [7, 11) is 1.29. The van der Waals surface area contributed by atoms with Gasteiger partial charge in [0.15, 0.2) is 11.6 Å². The Balaban J connectivity index is 0.000000271. The van der Waals surface area contributed by atoms with Crippen LogP contribution in [-0.2, 0) is 4.79 Å². The number of ether oxygens (including phenoxy) is 1. The molecule has 1 aliphatic rings. The molecule has 0 aliphatic carbocycles. The fourth-order valence-electron chi connectivity index (χ4n) is 3.54. The van der Waals surface area contributed by atoms with Crippen LogP contribution in [0.4, 0.5) is 24.5 Å². The number of hydrogen-bond donors (Lipinski definition) is 2. The largest absolute Gasteiger partial charge is 0.494 e. The maximum Gasteiger partial charge on any atom is 0.229 e. The monoisotopic (exact) mass is 490 g/mol. The number of nitrogens with two attached hydrogens (primary N) is 1. The third-order valence-corrected chi connectivity index (χ3v) is 5.69. The lowest BCUT2D eigenvalue weighted by Gasteiger charge is -2.33. The highest BCUT2D eigenvalue weighted by Crippen LogP contribution is 2.25. The SMILES string of the molecule is COc1cccc(F)c1F.NSc1cc(NC(=O)C2CCCN(c3cccc(F)c3)C2)ccn1. The molecule has 1 unspecified atom stereocenters. The van der Waals surface area contributed by atoms with Crippen LogP contribution < -0.4 is 20.1 Å². The molecular formula is C24H25F3N4O2S. The molecule has 1 aliphatic heterocycles. The number of nitrogens with one attached hydrogen (secondary N) is 1. The number of amides is 1. The van der Waals surface area contributed by atoms with Gasteiger partial charge in [0.05, 0.1) is 13.0 Å². The van der Waals surface area contributed by atoms with Gasteiger partial charge in [0.25, 0.3) is 0 Å². The van der Waals surface area contributed by atoms with Gasteiger partial charge in [-0.05, 0) is 67.3 Å². The van der Waals surface area contributed by atoms with Crippen molar-refractivity contribution >= 4 is 29.2 Å². The highest BCUT2D eigenvalue weighted by Gasteiger charge is 2.26. The molecule has 0 bridgehead atoms. The van der Waals surface area contributed by atoms with Crippen molar-refractivity contribution in [2.45, 2.75) is 17.9 Å². The molecule has 180 valence electrons. The molecule has 3 aromatic rings. The van der Waals surface area contributed by atoms with Gasteiger partial charge >= 0.3 is 0 Å². The van der Waals surface area contributed by atoms with Crippen molar-refractivity contribution in [2.75, 3.05) is 30.4 Å². The minimum Gasteiger partial charge on any atom is -0.494 e. The number of carbonyl (C=O) groups excluding carboxylic acids is 1.